The van der Waals surface area contributed by atoms with Crippen LogP contribution in [-0.4, -0.2) is 59.4 Å². The van der Waals surface area contributed by atoms with Gasteiger partial charge in [0, 0.05) is 11.3 Å². The lowest BCUT2D eigenvalue weighted by Crippen LogP contribution is -2.41. The van der Waals surface area contributed by atoms with Crippen molar-refractivity contribution in [2.75, 3.05) is 27.4 Å². The summed E-state index contributed by atoms with van der Waals surface area (Å²) in [5.74, 6) is 0.788. The molecule has 0 radical (unpaired) electrons. The Bertz CT molecular complexity index is 1530. The van der Waals surface area contributed by atoms with Gasteiger partial charge in [-0.2, -0.15) is 0 Å². The van der Waals surface area contributed by atoms with E-state index in [1.165, 1.54) is 26.0 Å². The topological polar surface area (TPSA) is 135 Å². The summed E-state index contributed by atoms with van der Waals surface area (Å²) in [5, 5.41) is 40.9. The largest absolute Gasteiger partial charge is 0.511 e. The number of carbonyl (C=O) groups excluding carboxylic acids is 1. The van der Waals surface area contributed by atoms with Gasteiger partial charge < -0.3 is 39.4 Å². The SMILES string of the molecule is COc1cc(CCC2(CCc3ccc(O)c(OC)c3)CC(O)=C(Sc3cc(C)c(OCCO)cc3C(C)(C)C)C(=O)O2)ccc1O. The zero-order chi connectivity index (χ0) is 33.6. The van der Waals surface area contributed by atoms with Gasteiger partial charge in [0.2, 0.25) is 0 Å². The monoisotopic (exact) mass is 652 g/mol. The van der Waals surface area contributed by atoms with Gasteiger partial charge in [-0.1, -0.05) is 44.7 Å². The molecule has 46 heavy (non-hydrogen) atoms. The highest BCUT2D eigenvalue weighted by atomic mass is 32.2. The maximum absolute atomic E-state index is 13.8. The maximum Gasteiger partial charge on any atom is 0.349 e. The number of aliphatic hydroxyl groups excluding tert-OH is 2. The van der Waals surface area contributed by atoms with E-state index in [1.807, 2.05) is 19.1 Å². The van der Waals surface area contributed by atoms with Crippen LogP contribution in [-0.2, 0) is 27.8 Å². The van der Waals surface area contributed by atoms with Gasteiger partial charge in [0.25, 0.3) is 0 Å². The number of esters is 1. The van der Waals surface area contributed by atoms with Crippen LogP contribution in [0.4, 0.5) is 0 Å². The number of phenolic OH excluding ortho intramolecular Hbond substituents is 2. The molecule has 10 heteroatoms. The molecule has 0 unspecified atom stereocenters. The Hall–Kier alpha value is -4.02. The summed E-state index contributed by atoms with van der Waals surface area (Å²) < 4.78 is 22.6. The molecule has 0 fully saturated rings. The minimum atomic E-state index is -1.02. The van der Waals surface area contributed by atoms with Crippen molar-refractivity contribution in [3.05, 3.63) is 81.4 Å². The van der Waals surface area contributed by atoms with Crippen LogP contribution in [0.5, 0.6) is 28.7 Å². The number of hydrogen-bond donors (Lipinski definition) is 4. The quantitative estimate of drug-likeness (QED) is 0.144. The molecule has 4 N–H and O–H groups in total. The van der Waals surface area contributed by atoms with Crippen LogP contribution in [0.1, 0.15) is 62.3 Å². The van der Waals surface area contributed by atoms with Gasteiger partial charge in [-0.05, 0) is 96.7 Å². The highest BCUT2D eigenvalue weighted by Gasteiger charge is 2.42. The first kappa shape index (κ1) is 34.8. The summed E-state index contributed by atoms with van der Waals surface area (Å²) >= 11 is 1.19. The molecular weight excluding hydrogens is 608 g/mol. The van der Waals surface area contributed by atoms with Gasteiger partial charge in [0.1, 0.15) is 28.6 Å². The standard InChI is InChI=1S/C36H44O9S/c1-22-17-32(25(35(2,3)4)20-29(22)44-16-15-37)46-33-28(40)21-36(45-34(33)41,13-11-23-7-9-26(38)30(18-23)42-5)14-12-24-8-10-27(39)31(19-24)43-6/h7-10,17-20,37-40H,11-16,21H2,1-6H3. The van der Waals surface area contributed by atoms with Crippen LogP contribution in [0.25, 0.3) is 0 Å². The van der Waals surface area contributed by atoms with Crippen LogP contribution in [0, 0.1) is 6.92 Å². The van der Waals surface area contributed by atoms with E-state index in [0.717, 1.165) is 27.1 Å². The second-order valence-electron chi connectivity index (χ2n) is 12.6. The Morgan fingerprint density at radius 1 is 0.870 bits per heavy atom. The van der Waals surface area contributed by atoms with Crippen molar-refractivity contribution < 1.29 is 44.2 Å². The molecule has 3 aromatic rings. The average molecular weight is 653 g/mol. The molecule has 3 aromatic carbocycles. The maximum atomic E-state index is 13.8. The Kier molecular flexibility index (Phi) is 11.1. The first-order valence-electron chi connectivity index (χ1n) is 15.2. The first-order valence-corrected chi connectivity index (χ1v) is 16.0. The zero-order valence-corrected chi connectivity index (χ0v) is 28.1. The summed E-state index contributed by atoms with van der Waals surface area (Å²) in [6.07, 6.45) is 1.94. The molecule has 0 aromatic heterocycles. The van der Waals surface area contributed by atoms with Gasteiger partial charge in [-0.15, -0.1) is 0 Å². The summed E-state index contributed by atoms with van der Waals surface area (Å²) in [4.78, 5) is 14.7. The normalized spacial score (nSPS) is 14.6. The number of benzene rings is 3. The molecule has 248 valence electrons. The van der Waals surface area contributed by atoms with E-state index in [0.29, 0.717) is 42.9 Å². The van der Waals surface area contributed by atoms with E-state index in [4.69, 9.17) is 18.9 Å². The highest BCUT2D eigenvalue weighted by Crippen LogP contribution is 2.46. The average Bonchev–Trinajstić information content (AvgIpc) is 3.01. The molecule has 0 saturated carbocycles. The van der Waals surface area contributed by atoms with Crippen LogP contribution in [0.2, 0.25) is 0 Å². The van der Waals surface area contributed by atoms with Crippen molar-refractivity contribution in [1.82, 2.24) is 0 Å². The summed E-state index contributed by atoms with van der Waals surface area (Å²) in [6.45, 7) is 8.16. The van der Waals surface area contributed by atoms with Crippen molar-refractivity contribution in [2.24, 2.45) is 0 Å². The van der Waals surface area contributed by atoms with Gasteiger partial charge in [-0.3, -0.25) is 0 Å². The number of aryl methyl sites for hydroxylation is 3. The van der Waals surface area contributed by atoms with Gasteiger partial charge in [-0.25, -0.2) is 4.79 Å². The van der Waals surface area contributed by atoms with E-state index in [9.17, 15) is 25.2 Å². The lowest BCUT2D eigenvalue weighted by molar-refractivity contribution is -0.159. The van der Waals surface area contributed by atoms with Crippen molar-refractivity contribution in [2.45, 2.75) is 75.7 Å². The fourth-order valence-corrected chi connectivity index (χ4v) is 6.78. The molecule has 0 saturated heterocycles. The Morgan fingerprint density at radius 2 is 1.43 bits per heavy atom. The van der Waals surface area contributed by atoms with Crippen LogP contribution < -0.4 is 14.2 Å². The molecule has 1 aliphatic heterocycles. The minimum Gasteiger partial charge on any atom is -0.511 e. The smallest absolute Gasteiger partial charge is 0.349 e. The molecule has 0 spiro atoms. The van der Waals surface area contributed by atoms with E-state index in [2.05, 4.69) is 20.8 Å². The van der Waals surface area contributed by atoms with Crippen molar-refractivity contribution in [3.63, 3.8) is 0 Å². The number of thioether (sulfide) groups is 1. The van der Waals surface area contributed by atoms with Crippen molar-refractivity contribution in [3.8, 4) is 28.7 Å². The summed E-state index contributed by atoms with van der Waals surface area (Å²) in [6, 6.07) is 14.1. The lowest BCUT2D eigenvalue weighted by Gasteiger charge is -2.37. The molecule has 1 heterocycles. The number of phenols is 2. The molecule has 0 bridgehead atoms. The van der Waals surface area contributed by atoms with Gasteiger partial charge in [0.05, 0.1) is 20.8 Å². The Balaban J connectivity index is 1.66. The third-order valence-corrected chi connectivity index (χ3v) is 9.28. The number of carbonyl (C=O) groups is 1. The van der Waals surface area contributed by atoms with E-state index >= 15 is 0 Å². The second kappa shape index (κ2) is 14.6. The van der Waals surface area contributed by atoms with E-state index in [1.54, 1.807) is 36.4 Å². The Morgan fingerprint density at radius 3 is 1.91 bits per heavy atom. The lowest BCUT2D eigenvalue weighted by atomic mass is 9.84. The van der Waals surface area contributed by atoms with Crippen LogP contribution in [0.15, 0.2) is 64.1 Å². The minimum absolute atomic E-state index is 0.0337. The van der Waals surface area contributed by atoms with Gasteiger partial charge >= 0.3 is 5.97 Å². The molecule has 4 rings (SSSR count). The molecule has 0 amide bonds. The molecule has 9 nitrogen and oxygen atoms in total. The molecular formula is C36H44O9S. The number of methoxy groups -OCH3 is 2. The third-order valence-electron chi connectivity index (χ3n) is 8.12. The fourth-order valence-electron chi connectivity index (χ4n) is 5.54. The summed E-state index contributed by atoms with van der Waals surface area (Å²) in [7, 11) is 2.97. The number of aliphatic hydroxyl groups is 2. The second-order valence-corrected chi connectivity index (χ2v) is 13.6. The van der Waals surface area contributed by atoms with Crippen LogP contribution in [0.3, 0.4) is 0 Å². The predicted octanol–water partition coefficient (Wildman–Crippen LogP) is 6.91. The van der Waals surface area contributed by atoms with E-state index in [-0.39, 0.29) is 47.2 Å². The van der Waals surface area contributed by atoms with Gasteiger partial charge in [0.15, 0.2) is 23.0 Å². The number of rotatable bonds is 13. The summed E-state index contributed by atoms with van der Waals surface area (Å²) in [5.41, 5.74) is 2.22. The molecule has 1 aliphatic rings. The van der Waals surface area contributed by atoms with Crippen molar-refractivity contribution >= 4 is 17.7 Å². The number of hydrogen-bond acceptors (Lipinski definition) is 10. The number of cyclic esters (lactones) is 1. The first-order chi connectivity index (χ1) is 21.8. The van der Waals surface area contributed by atoms with E-state index < -0.39 is 11.6 Å². The molecule has 0 aliphatic carbocycles. The Labute approximate surface area is 274 Å². The zero-order valence-electron chi connectivity index (χ0n) is 27.3. The number of aromatic hydroxyl groups is 2. The third kappa shape index (κ3) is 8.22. The van der Waals surface area contributed by atoms with Crippen molar-refractivity contribution in [1.29, 1.82) is 0 Å². The van der Waals surface area contributed by atoms with Crippen LogP contribution >= 0.6 is 11.8 Å². The predicted molar refractivity (Wildman–Crippen MR) is 177 cm³/mol. The number of ether oxygens (including phenoxy) is 4. The molecule has 0 atom stereocenters. The highest BCUT2D eigenvalue weighted by molar-refractivity contribution is 8.04. The fraction of sp³-hybridized carbons (Fsp3) is 0.417.